The molecule has 224 valence electrons. The maximum atomic E-state index is 13.5. The lowest BCUT2D eigenvalue weighted by Gasteiger charge is -2.44. The Bertz CT molecular complexity index is 1060. The van der Waals surface area contributed by atoms with Gasteiger partial charge in [0, 0.05) is 38.3 Å². The van der Waals surface area contributed by atoms with Gasteiger partial charge >= 0.3 is 19.3 Å². The molecule has 0 saturated carbocycles. The molecule has 2 heterocycles. The number of carbonyl (C=O) groups excluding carboxylic acids is 3. The standard InChI is InChI=1S/C28H42BN5O7/c1-28(2,34-15-13-32(14-16-34)27(37)40-3)18-22(19-30)25(35)33-12-8-7-11-23(20-33)41-26(36)31-24(29(38)39)17-21-9-5-4-6-10-21/h4-6,9-10,22-24,38-39H,7-8,11-18,20H2,1-3H3,(H,31,36)/t22?,23-,24+/m1/s1. The van der Waals surface area contributed by atoms with E-state index in [2.05, 4.69) is 16.3 Å². The highest BCUT2D eigenvalue weighted by Crippen LogP contribution is 2.27. The lowest BCUT2D eigenvalue weighted by molar-refractivity contribution is -0.136. The van der Waals surface area contributed by atoms with Gasteiger partial charge in [0.15, 0.2) is 0 Å². The number of hydrogen-bond acceptors (Lipinski definition) is 9. The van der Waals surface area contributed by atoms with Crippen molar-refractivity contribution in [2.75, 3.05) is 46.4 Å². The number of nitriles is 1. The molecule has 1 aromatic carbocycles. The zero-order chi connectivity index (χ0) is 30.0. The van der Waals surface area contributed by atoms with Gasteiger partial charge in [-0.3, -0.25) is 9.69 Å². The smallest absolute Gasteiger partial charge is 0.453 e. The first-order valence-electron chi connectivity index (χ1n) is 14.2. The van der Waals surface area contributed by atoms with Crippen LogP contribution in [0.4, 0.5) is 9.59 Å². The highest BCUT2D eigenvalue weighted by Gasteiger charge is 2.38. The van der Waals surface area contributed by atoms with Gasteiger partial charge in [-0.2, -0.15) is 5.26 Å². The van der Waals surface area contributed by atoms with E-state index in [-0.39, 0.29) is 25.0 Å². The van der Waals surface area contributed by atoms with Crippen LogP contribution < -0.4 is 5.32 Å². The lowest BCUT2D eigenvalue weighted by atomic mass is 9.76. The number of carbonyl (C=O) groups is 3. The van der Waals surface area contributed by atoms with E-state index in [1.165, 1.54) is 7.11 Å². The Morgan fingerprint density at radius 3 is 2.39 bits per heavy atom. The third-order valence-corrected chi connectivity index (χ3v) is 7.90. The van der Waals surface area contributed by atoms with E-state index in [0.29, 0.717) is 45.6 Å². The molecule has 41 heavy (non-hydrogen) atoms. The topological polar surface area (TPSA) is 156 Å². The minimum atomic E-state index is -1.78. The van der Waals surface area contributed by atoms with Crippen LogP contribution in [-0.2, 0) is 20.7 Å². The maximum absolute atomic E-state index is 13.5. The molecule has 3 atom stereocenters. The van der Waals surface area contributed by atoms with Crippen molar-refractivity contribution in [2.45, 2.75) is 63.5 Å². The molecule has 0 aliphatic carbocycles. The van der Waals surface area contributed by atoms with E-state index < -0.39 is 36.7 Å². The highest BCUT2D eigenvalue weighted by molar-refractivity contribution is 6.43. The first-order chi connectivity index (χ1) is 19.5. The SMILES string of the molecule is COC(=O)N1CCN(C(C)(C)CC(C#N)C(=O)N2CCCC[C@@H](OC(=O)N[C@@H](Cc3ccccc3)B(O)O)C2)CC1. The first kappa shape index (κ1) is 32.2. The Hall–Kier alpha value is -3.34. The number of rotatable bonds is 9. The van der Waals surface area contributed by atoms with Crippen molar-refractivity contribution >= 4 is 25.2 Å². The van der Waals surface area contributed by atoms with Crippen LogP contribution in [0, 0.1) is 17.2 Å². The van der Waals surface area contributed by atoms with Gasteiger partial charge in [0.05, 0.1) is 25.7 Å². The molecule has 12 nitrogen and oxygen atoms in total. The third kappa shape index (κ3) is 9.34. The fourth-order valence-corrected chi connectivity index (χ4v) is 5.50. The lowest BCUT2D eigenvalue weighted by Crippen LogP contribution is -2.56. The number of nitrogens with one attached hydrogen (secondary N) is 1. The van der Waals surface area contributed by atoms with Crippen LogP contribution in [0.25, 0.3) is 0 Å². The third-order valence-electron chi connectivity index (χ3n) is 7.90. The van der Waals surface area contributed by atoms with E-state index in [1.54, 1.807) is 9.80 Å². The van der Waals surface area contributed by atoms with Crippen molar-refractivity contribution in [2.24, 2.45) is 5.92 Å². The van der Waals surface area contributed by atoms with Crippen LogP contribution in [0.3, 0.4) is 0 Å². The quantitative estimate of drug-likeness (QED) is 0.373. The first-order valence-corrected chi connectivity index (χ1v) is 14.2. The largest absolute Gasteiger partial charge is 0.475 e. The van der Waals surface area contributed by atoms with Crippen molar-refractivity contribution in [3.63, 3.8) is 0 Å². The second-order valence-corrected chi connectivity index (χ2v) is 11.3. The normalized spacial score (nSPS) is 19.8. The van der Waals surface area contributed by atoms with Crippen LogP contribution in [0.2, 0.25) is 0 Å². The van der Waals surface area contributed by atoms with Crippen LogP contribution in [0.15, 0.2) is 30.3 Å². The summed E-state index contributed by atoms with van der Waals surface area (Å²) in [4.78, 5) is 43.5. The maximum Gasteiger partial charge on any atom is 0.475 e. The van der Waals surface area contributed by atoms with Crippen LogP contribution in [-0.4, -0.2) is 114 Å². The van der Waals surface area contributed by atoms with Crippen molar-refractivity contribution in [3.8, 4) is 6.07 Å². The van der Waals surface area contributed by atoms with E-state index in [1.807, 2.05) is 44.2 Å². The van der Waals surface area contributed by atoms with Crippen LogP contribution in [0.5, 0.6) is 0 Å². The average molecular weight is 571 g/mol. The number of likely N-dealkylation sites (tertiary alicyclic amines) is 1. The summed E-state index contributed by atoms with van der Waals surface area (Å²) in [7, 11) is -0.423. The molecule has 2 fully saturated rings. The monoisotopic (exact) mass is 571 g/mol. The van der Waals surface area contributed by atoms with Crippen molar-refractivity contribution in [1.29, 1.82) is 5.26 Å². The van der Waals surface area contributed by atoms with Gasteiger partial charge in [-0.05, 0) is 51.5 Å². The number of benzene rings is 1. The number of nitrogens with zero attached hydrogens (tertiary/aromatic N) is 4. The molecule has 2 aliphatic heterocycles. The predicted octanol–water partition coefficient (Wildman–Crippen LogP) is 1.41. The summed E-state index contributed by atoms with van der Waals surface area (Å²) in [5, 5.41) is 32.1. The van der Waals surface area contributed by atoms with Crippen molar-refractivity contribution in [1.82, 2.24) is 20.0 Å². The summed E-state index contributed by atoms with van der Waals surface area (Å²) < 4.78 is 10.4. The van der Waals surface area contributed by atoms with E-state index in [0.717, 1.165) is 18.4 Å². The molecule has 2 aliphatic rings. The summed E-state index contributed by atoms with van der Waals surface area (Å²) in [5.41, 5.74) is 0.367. The summed E-state index contributed by atoms with van der Waals surface area (Å²) >= 11 is 0. The molecule has 1 unspecified atom stereocenters. The van der Waals surface area contributed by atoms with Gasteiger partial charge in [-0.1, -0.05) is 30.3 Å². The zero-order valence-corrected chi connectivity index (χ0v) is 24.2. The van der Waals surface area contributed by atoms with Gasteiger partial charge in [-0.15, -0.1) is 0 Å². The molecule has 0 bridgehead atoms. The van der Waals surface area contributed by atoms with Gasteiger partial charge in [0.1, 0.15) is 12.0 Å². The molecule has 3 amide bonds. The predicted molar refractivity (Wildman–Crippen MR) is 151 cm³/mol. The summed E-state index contributed by atoms with van der Waals surface area (Å²) in [5.74, 6) is -2.14. The number of hydrogen-bond donors (Lipinski definition) is 3. The number of alkyl carbamates (subject to hydrolysis) is 1. The minimum Gasteiger partial charge on any atom is -0.453 e. The molecular formula is C28H42BN5O7. The molecule has 1 aromatic rings. The van der Waals surface area contributed by atoms with Crippen LogP contribution >= 0.6 is 0 Å². The Kier molecular flexibility index (Phi) is 11.8. The van der Waals surface area contributed by atoms with E-state index in [9.17, 15) is 29.7 Å². The number of amides is 3. The van der Waals surface area contributed by atoms with Gasteiger partial charge < -0.3 is 34.6 Å². The molecule has 2 saturated heterocycles. The zero-order valence-electron chi connectivity index (χ0n) is 24.2. The fraction of sp³-hybridized carbons (Fsp3) is 0.643. The summed E-state index contributed by atoms with van der Waals surface area (Å²) in [6.45, 7) is 6.85. The molecule has 3 rings (SSSR count). The second-order valence-electron chi connectivity index (χ2n) is 11.3. The van der Waals surface area contributed by atoms with Gasteiger partial charge in [-0.25, -0.2) is 9.59 Å². The Morgan fingerprint density at radius 2 is 1.78 bits per heavy atom. The number of piperazine rings is 1. The van der Waals surface area contributed by atoms with Crippen molar-refractivity contribution in [3.05, 3.63) is 35.9 Å². The molecular weight excluding hydrogens is 529 g/mol. The van der Waals surface area contributed by atoms with Gasteiger partial charge in [0.2, 0.25) is 5.91 Å². The molecule has 3 N–H and O–H groups in total. The average Bonchev–Trinajstić information content (AvgIpc) is 3.20. The molecule has 13 heteroatoms. The molecule has 0 aromatic heterocycles. The number of methoxy groups -OCH3 is 1. The molecule has 0 radical (unpaired) electrons. The van der Waals surface area contributed by atoms with Gasteiger partial charge in [0.25, 0.3) is 0 Å². The minimum absolute atomic E-state index is 0.160. The summed E-state index contributed by atoms with van der Waals surface area (Å²) in [6.07, 6.45) is 0.796. The Balaban J connectivity index is 1.57. The van der Waals surface area contributed by atoms with Crippen molar-refractivity contribution < 1.29 is 33.9 Å². The fourth-order valence-electron chi connectivity index (χ4n) is 5.50. The van der Waals surface area contributed by atoms with Crippen LogP contribution in [0.1, 0.15) is 45.1 Å². The molecule has 0 spiro atoms. The second kappa shape index (κ2) is 15.1. The Labute approximate surface area is 242 Å². The van der Waals surface area contributed by atoms with E-state index in [4.69, 9.17) is 9.47 Å². The highest BCUT2D eigenvalue weighted by atomic mass is 16.6. The Morgan fingerprint density at radius 1 is 1.10 bits per heavy atom. The number of ether oxygens (including phenoxy) is 2. The summed E-state index contributed by atoms with van der Waals surface area (Å²) in [6, 6.07) is 11.3. The van der Waals surface area contributed by atoms with E-state index >= 15 is 0 Å².